The highest BCUT2D eigenvalue weighted by atomic mass is 19.1. The van der Waals surface area contributed by atoms with E-state index < -0.39 is 11.4 Å². The second-order valence-corrected chi connectivity index (χ2v) is 6.27. The van der Waals surface area contributed by atoms with Crippen molar-refractivity contribution in [3.8, 4) is 11.5 Å². The molecule has 4 rings (SSSR count). The van der Waals surface area contributed by atoms with E-state index in [1.165, 1.54) is 0 Å². The molecular formula is C20H18FN3O3. The number of aromatic nitrogens is 2. The van der Waals surface area contributed by atoms with Crippen LogP contribution in [0, 0.1) is 12.7 Å². The fourth-order valence-corrected chi connectivity index (χ4v) is 2.91. The van der Waals surface area contributed by atoms with E-state index in [0.29, 0.717) is 36.9 Å². The van der Waals surface area contributed by atoms with Gasteiger partial charge in [0.1, 0.15) is 13.2 Å². The summed E-state index contributed by atoms with van der Waals surface area (Å²) in [5.41, 5.74) is 1.66. The molecule has 0 aliphatic carbocycles. The van der Waals surface area contributed by atoms with Crippen LogP contribution in [0.4, 0.5) is 16.0 Å². The van der Waals surface area contributed by atoms with E-state index in [0.717, 1.165) is 17.3 Å². The molecule has 7 heteroatoms. The van der Waals surface area contributed by atoms with E-state index in [1.807, 2.05) is 43.3 Å². The molecule has 0 amide bonds. The van der Waals surface area contributed by atoms with Crippen molar-refractivity contribution in [2.75, 3.05) is 18.5 Å². The lowest BCUT2D eigenvalue weighted by Gasteiger charge is -2.21. The predicted octanol–water partition coefficient (Wildman–Crippen LogP) is 3.25. The highest BCUT2D eigenvalue weighted by Gasteiger charge is 2.16. The number of anilines is 2. The maximum absolute atomic E-state index is 13.8. The van der Waals surface area contributed by atoms with Crippen molar-refractivity contribution in [2.24, 2.45) is 0 Å². The van der Waals surface area contributed by atoms with E-state index in [2.05, 4.69) is 10.3 Å². The molecule has 1 aliphatic heterocycles. The molecular weight excluding hydrogens is 349 g/mol. The van der Waals surface area contributed by atoms with Crippen molar-refractivity contribution < 1.29 is 13.9 Å². The van der Waals surface area contributed by atoms with E-state index in [1.54, 1.807) is 10.6 Å². The van der Waals surface area contributed by atoms with Gasteiger partial charge in [0.05, 0.1) is 6.54 Å². The first kappa shape index (κ1) is 17.1. The van der Waals surface area contributed by atoms with Crippen LogP contribution in [0.1, 0.15) is 11.1 Å². The maximum atomic E-state index is 13.8. The van der Waals surface area contributed by atoms with Gasteiger partial charge < -0.3 is 19.4 Å². The standard InChI is InChI=1S/C20H18FN3O3/c1-13-9-17-18(27-8-7-26-17)10-16(13)22-20-23-19(25)15(21)12-24(20)11-14-5-3-2-4-6-14/h2-6,9-10,12H,7-8,11H2,1H3,(H,22,23,25). The van der Waals surface area contributed by atoms with Gasteiger partial charge in [0, 0.05) is 18.0 Å². The van der Waals surface area contributed by atoms with Crippen LogP contribution in [-0.2, 0) is 6.54 Å². The molecule has 0 saturated carbocycles. The molecule has 27 heavy (non-hydrogen) atoms. The molecule has 0 unspecified atom stereocenters. The summed E-state index contributed by atoms with van der Waals surface area (Å²) in [7, 11) is 0. The summed E-state index contributed by atoms with van der Waals surface area (Å²) in [5, 5.41) is 3.13. The molecule has 1 N–H and O–H groups in total. The molecule has 2 heterocycles. The van der Waals surface area contributed by atoms with Crippen LogP contribution in [0.15, 0.2) is 53.5 Å². The van der Waals surface area contributed by atoms with Crippen molar-refractivity contribution in [3.05, 3.63) is 76.0 Å². The van der Waals surface area contributed by atoms with Crippen LogP contribution in [0.25, 0.3) is 0 Å². The van der Waals surface area contributed by atoms with Crippen molar-refractivity contribution in [1.82, 2.24) is 9.55 Å². The summed E-state index contributed by atoms with van der Waals surface area (Å²) >= 11 is 0. The van der Waals surface area contributed by atoms with Gasteiger partial charge in [-0.05, 0) is 24.1 Å². The number of aryl methyl sites for hydroxylation is 1. The number of fused-ring (bicyclic) bond motifs is 1. The summed E-state index contributed by atoms with van der Waals surface area (Å²) in [6.07, 6.45) is 1.16. The molecule has 0 bridgehead atoms. The maximum Gasteiger partial charge on any atom is 0.310 e. The smallest absolute Gasteiger partial charge is 0.310 e. The average molecular weight is 367 g/mol. The minimum atomic E-state index is -0.906. The Morgan fingerprint density at radius 2 is 1.85 bits per heavy atom. The topological polar surface area (TPSA) is 65.4 Å². The highest BCUT2D eigenvalue weighted by Crippen LogP contribution is 2.36. The molecule has 138 valence electrons. The van der Waals surface area contributed by atoms with Crippen molar-refractivity contribution in [3.63, 3.8) is 0 Å². The lowest BCUT2D eigenvalue weighted by molar-refractivity contribution is 0.171. The van der Waals surface area contributed by atoms with Crippen LogP contribution in [-0.4, -0.2) is 22.8 Å². The SMILES string of the molecule is Cc1cc2c(cc1Nc1nc(=O)c(F)cn1Cc1ccccc1)OCCO2. The molecule has 3 aromatic rings. The number of nitrogens with one attached hydrogen (secondary N) is 1. The largest absolute Gasteiger partial charge is 0.486 e. The zero-order chi connectivity index (χ0) is 18.8. The lowest BCUT2D eigenvalue weighted by Crippen LogP contribution is -2.20. The zero-order valence-corrected chi connectivity index (χ0v) is 14.7. The van der Waals surface area contributed by atoms with E-state index in [9.17, 15) is 9.18 Å². The molecule has 0 saturated heterocycles. The summed E-state index contributed by atoms with van der Waals surface area (Å²) in [4.78, 5) is 15.6. The minimum absolute atomic E-state index is 0.255. The van der Waals surface area contributed by atoms with Crippen LogP contribution in [0.2, 0.25) is 0 Å². The van der Waals surface area contributed by atoms with E-state index in [4.69, 9.17) is 9.47 Å². The number of nitrogens with zero attached hydrogens (tertiary/aromatic N) is 2. The highest BCUT2D eigenvalue weighted by molar-refractivity contribution is 5.64. The Kier molecular flexibility index (Phi) is 4.50. The third-order valence-electron chi connectivity index (χ3n) is 4.28. The van der Waals surface area contributed by atoms with E-state index in [-0.39, 0.29) is 5.95 Å². The van der Waals surface area contributed by atoms with Gasteiger partial charge in [-0.2, -0.15) is 9.37 Å². The van der Waals surface area contributed by atoms with Gasteiger partial charge in [-0.25, -0.2) is 0 Å². The Labute approximate surface area is 155 Å². The first-order chi connectivity index (χ1) is 13.1. The third kappa shape index (κ3) is 3.62. The number of hydrogen-bond donors (Lipinski definition) is 1. The molecule has 0 fully saturated rings. The molecule has 6 nitrogen and oxygen atoms in total. The molecule has 0 atom stereocenters. The van der Waals surface area contributed by atoms with Crippen LogP contribution in [0.3, 0.4) is 0 Å². The molecule has 0 radical (unpaired) electrons. The first-order valence-corrected chi connectivity index (χ1v) is 8.58. The van der Waals surface area contributed by atoms with Crippen molar-refractivity contribution in [2.45, 2.75) is 13.5 Å². The van der Waals surface area contributed by atoms with Gasteiger partial charge in [0.25, 0.3) is 0 Å². The second kappa shape index (κ2) is 7.11. The summed E-state index contributed by atoms with van der Waals surface area (Å²) in [6, 6.07) is 13.2. The van der Waals surface area contributed by atoms with E-state index >= 15 is 0 Å². The third-order valence-corrected chi connectivity index (χ3v) is 4.28. The Hall–Kier alpha value is -3.35. The second-order valence-electron chi connectivity index (χ2n) is 6.27. The van der Waals surface area contributed by atoms with Gasteiger partial charge in [-0.15, -0.1) is 0 Å². The monoisotopic (exact) mass is 367 g/mol. The van der Waals surface area contributed by atoms with Crippen LogP contribution in [0.5, 0.6) is 11.5 Å². The lowest BCUT2D eigenvalue weighted by atomic mass is 10.1. The van der Waals surface area contributed by atoms with Gasteiger partial charge in [-0.1, -0.05) is 30.3 Å². The minimum Gasteiger partial charge on any atom is -0.486 e. The van der Waals surface area contributed by atoms with Gasteiger partial charge in [-0.3, -0.25) is 4.79 Å². The fourth-order valence-electron chi connectivity index (χ4n) is 2.91. The summed E-state index contributed by atoms with van der Waals surface area (Å²) < 4.78 is 26.6. The number of ether oxygens (including phenoxy) is 2. The average Bonchev–Trinajstić information content (AvgIpc) is 2.67. The molecule has 2 aromatic carbocycles. The quantitative estimate of drug-likeness (QED) is 0.767. The van der Waals surface area contributed by atoms with Crippen LogP contribution >= 0.6 is 0 Å². The predicted molar refractivity (Wildman–Crippen MR) is 99.5 cm³/mol. The van der Waals surface area contributed by atoms with Crippen molar-refractivity contribution >= 4 is 11.6 Å². The Morgan fingerprint density at radius 1 is 1.15 bits per heavy atom. The molecule has 1 aliphatic rings. The van der Waals surface area contributed by atoms with Gasteiger partial charge in [0.2, 0.25) is 11.8 Å². The Balaban J connectivity index is 1.71. The summed E-state index contributed by atoms with van der Waals surface area (Å²) in [6.45, 7) is 3.26. The molecule has 1 aromatic heterocycles. The Bertz CT molecular complexity index is 1030. The number of halogens is 1. The van der Waals surface area contributed by atoms with Gasteiger partial charge in [0.15, 0.2) is 11.5 Å². The number of rotatable bonds is 4. The number of benzene rings is 2. The molecule has 0 spiro atoms. The zero-order valence-electron chi connectivity index (χ0n) is 14.7. The van der Waals surface area contributed by atoms with Crippen molar-refractivity contribution in [1.29, 1.82) is 0 Å². The Morgan fingerprint density at radius 3 is 2.59 bits per heavy atom. The summed E-state index contributed by atoms with van der Waals surface area (Å²) in [5.74, 6) is 0.659. The van der Waals surface area contributed by atoms with Crippen LogP contribution < -0.4 is 20.3 Å². The normalized spacial score (nSPS) is 12.7. The first-order valence-electron chi connectivity index (χ1n) is 8.58. The fraction of sp³-hybridized carbons (Fsp3) is 0.200. The number of hydrogen-bond acceptors (Lipinski definition) is 5. The van der Waals surface area contributed by atoms with Gasteiger partial charge >= 0.3 is 5.56 Å².